The lowest BCUT2D eigenvalue weighted by atomic mass is 10.1. The summed E-state index contributed by atoms with van der Waals surface area (Å²) in [6.07, 6.45) is 5.22. The lowest BCUT2D eigenvalue weighted by Crippen LogP contribution is -2.39. The van der Waals surface area contributed by atoms with Crippen LogP contribution in [0, 0.1) is 0 Å². The minimum atomic E-state index is -0.588. The van der Waals surface area contributed by atoms with E-state index >= 15 is 0 Å². The third kappa shape index (κ3) is 4.09. The maximum atomic E-state index is 13.9. The third-order valence-electron chi connectivity index (χ3n) is 6.29. The van der Waals surface area contributed by atoms with Crippen molar-refractivity contribution < 1.29 is 14.3 Å². The van der Waals surface area contributed by atoms with Crippen LogP contribution in [-0.4, -0.2) is 51.8 Å². The molecule has 3 heterocycles. The van der Waals surface area contributed by atoms with Crippen molar-refractivity contribution in [3.63, 3.8) is 0 Å². The van der Waals surface area contributed by atoms with E-state index < -0.39 is 5.25 Å². The van der Waals surface area contributed by atoms with Crippen molar-refractivity contribution in [3.05, 3.63) is 45.1 Å². The lowest BCUT2D eigenvalue weighted by molar-refractivity contribution is -0.126. The second kappa shape index (κ2) is 9.42. The van der Waals surface area contributed by atoms with Crippen LogP contribution in [0.15, 0.2) is 34.2 Å². The van der Waals surface area contributed by atoms with E-state index in [0.29, 0.717) is 35.1 Å². The molecule has 3 amide bonds. The molecule has 1 aromatic carbocycles. The second-order valence-corrected chi connectivity index (χ2v) is 10.9. The van der Waals surface area contributed by atoms with Gasteiger partial charge in [0, 0.05) is 18.0 Å². The second-order valence-electron chi connectivity index (χ2n) is 8.46. The average Bonchev–Trinajstić information content (AvgIpc) is 3.34. The summed E-state index contributed by atoms with van der Waals surface area (Å²) < 4.78 is 6.88. The highest BCUT2D eigenvalue weighted by atomic mass is 32.2. The maximum absolute atomic E-state index is 13.9. The molecular formula is C24H26N4O4S2. The van der Waals surface area contributed by atoms with Gasteiger partial charge in [0.2, 0.25) is 5.91 Å². The molecule has 5 rings (SSSR count). The number of aromatic nitrogens is 2. The number of hydrogen-bond acceptors (Lipinski definition) is 7. The van der Waals surface area contributed by atoms with Crippen LogP contribution in [0.5, 0.6) is 5.75 Å². The van der Waals surface area contributed by atoms with Gasteiger partial charge >= 0.3 is 6.03 Å². The van der Waals surface area contributed by atoms with Gasteiger partial charge in [0.25, 0.3) is 5.56 Å². The Morgan fingerprint density at radius 2 is 1.94 bits per heavy atom. The van der Waals surface area contributed by atoms with Crippen molar-refractivity contribution in [2.75, 3.05) is 20.2 Å². The normalized spacial score (nSPS) is 16.8. The molecule has 1 fully saturated rings. The van der Waals surface area contributed by atoms with Crippen LogP contribution in [0.1, 0.15) is 36.6 Å². The number of thiophene rings is 1. The van der Waals surface area contributed by atoms with Crippen LogP contribution in [0.3, 0.4) is 0 Å². The molecule has 1 saturated heterocycles. The largest absolute Gasteiger partial charge is 0.497 e. The molecule has 34 heavy (non-hydrogen) atoms. The molecule has 178 valence electrons. The quantitative estimate of drug-likeness (QED) is 0.327. The summed E-state index contributed by atoms with van der Waals surface area (Å²) in [5.41, 5.74) is 1.68. The topological polar surface area (TPSA) is 93.5 Å². The average molecular weight is 499 g/mol. The number of urea groups is 1. The highest BCUT2D eigenvalue weighted by Crippen LogP contribution is 2.35. The molecule has 0 saturated carbocycles. The maximum Gasteiger partial charge on any atom is 0.324 e. The lowest BCUT2D eigenvalue weighted by Gasteiger charge is -2.19. The van der Waals surface area contributed by atoms with E-state index in [1.807, 2.05) is 12.1 Å². The summed E-state index contributed by atoms with van der Waals surface area (Å²) in [5, 5.41) is 3.21. The highest BCUT2D eigenvalue weighted by molar-refractivity contribution is 8.00. The van der Waals surface area contributed by atoms with E-state index in [9.17, 15) is 14.4 Å². The van der Waals surface area contributed by atoms with Gasteiger partial charge in [-0.05, 0) is 62.4 Å². The van der Waals surface area contributed by atoms with Gasteiger partial charge in [-0.15, -0.1) is 11.3 Å². The molecule has 8 nitrogen and oxygen atoms in total. The van der Waals surface area contributed by atoms with Gasteiger partial charge in [0.15, 0.2) is 5.16 Å². The van der Waals surface area contributed by atoms with Crippen LogP contribution >= 0.6 is 23.1 Å². The number of aryl methyl sites for hydroxylation is 2. The number of rotatable bonds is 5. The summed E-state index contributed by atoms with van der Waals surface area (Å²) >= 11 is 2.80. The molecule has 1 aliphatic heterocycles. The fourth-order valence-electron chi connectivity index (χ4n) is 4.51. The Hall–Kier alpha value is -2.85. The number of carbonyl (C=O) groups is 2. The molecule has 0 bridgehead atoms. The van der Waals surface area contributed by atoms with E-state index in [2.05, 4.69) is 5.32 Å². The highest BCUT2D eigenvalue weighted by Gasteiger charge is 2.32. The van der Waals surface area contributed by atoms with Crippen molar-refractivity contribution >= 4 is 45.3 Å². The van der Waals surface area contributed by atoms with Crippen LogP contribution in [0.4, 0.5) is 4.79 Å². The van der Waals surface area contributed by atoms with E-state index in [-0.39, 0.29) is 17.5 Å². The summed E-state index contributed by atoms with van der Waals surface area (Å²) in [5.74, 6) is 0.394. The van der Waals surface area contributed by atoms with Crippen molar-refractivity contribution in [2.45, 2.75) is 49.4 Å². The Morgan fingerprint density at radius 1 is 1.18 bits per heavy atom. The number of fused-ring (bicyclic) bond motifs is 3. The zero-order chi connectivity index (χ0) is 23.8. The van der Waals surface area contributed by atoms with Crippen molar-refractivity contribution in [1.82, 2.24) is 19.8 Å². The van der Waals surface area contributed by atoms with Gasteiger partial charge in [-0.2, -0.15) is 0 Å². The van der Waals surface area contributed by atoms with Crippen LogP contribution in [-0.2, 0) is 17.6 Å². The number of benzene rings is 1. The number of methoxy groups -OCH3 is 1. The Labute approximate surface area is 205 Å². The minimum Gasteiger partial charge on any atom is -0.497 e. The molecular weight excluding hydrogens is 472 g/mol. The molecule has 0 spiro atoms. The summed E-state index contributed by atoms with van der Waals surface area (Å²) in [6, 6.07) is 6.87. The molecule has 1 unspecified atom stereocenters. The monoisotopic (exact) mass is 498 g/mol. The standard InChI is InChI=1S/C24H26N4O4S2/c1-14(21(29)27-13-12-25-23(27)31)33-24-26-20-19(17-6-4-3-5-7-18(17)34-20)22(30)28(24)15-8-10-16(32-2)11-9-15/h8-11,14H,3-7,12-13H2,1-2H3,(H,25,31). The number of ether oxygens (including phenoxy) is 1. The predicted octanol–water partition coefficient (Wildman–Crippen LogP) is 3.76. The number of thioether (sulfide) groups is 1. The Balaban J connectivity index is 1.62. The first-order valence-corrected chi connectivity index (χ1v) is 13.1. The molecule has 1 aliphatic carbocycles. The first-order chi connectivity index (χ1) is 16.5. The molecule has 10 heteroatoms. The molecule has 2 aromatic heterocycles. The zero-order valence-electron chi connectivity index (χ0n) is 19.1. The minimum absolute atomic E-state index is 0.115. The summed E-state index contributed by atoms with van der Waals surface area (Å²) in [7, 11) is 1.60. The van der Waals surface area contributed by atoms with E-state index in [1.165, 1.54) is 28.0 Å². The summed E-state index contributed by atoms with van der Waals surface area (Å²) in [4.78, 5) is 47.0. The fourth-order valence-corrected chi connectivity index (χ4v) is 6.80. The first kappa shape index (κ1) is 22.9. The smallest absolute Gasteiger partial charge is 0.324 e. The van der Waals surface area contributed by atoms with Gasteiger partial charge < -0.3 is 10.1 Å². The van der Waals surface area contributed by atoms with Crippen molar-refractivity contribution in [1.29, 1.82) is 0 Å². The van der Waals surface area contributed by atoms with Gasteiger partial charge in [0.1, 0.15) is 10.6 Å². The van der Waals surface area contributed by atoms with Gasteiger partial charge in [0.05, 0.1) is 23.4 Å². The van der Waals surface area contributed by atoms with Gasteiger partial charge in [-0.25, -0.2) is 9.78 Å². The molecule has 1 N–H and O–H groups in total. The number of hydrogen-bond donors (Lipinski definition) is 1. The first-order valence-electron chi connectivity index (χ1n) is 11.5. The SMILES string of the molecule is COc1ccc(-n2c(SC(C)C(=O)N3CCNC3=O)nc3sc4c(c3c2=O)CCCCC4)cc1. The van der Waals surface area contributed by atoms with Gasteiger partial charge in [-0.3, -0.25) is 19.1 Å². The Morgan fingerprint density at radius 3 is 2.65 bits per heavy atom. The fraction of sp³-hybridized carbons (Fsp3) is 0.417. The molecule has 3 aromatic rings. The number of nitrogens with one attached hydrogen (secondary N) is 1. The van der Waals surface area contributed by atoms with Crippen LogP contribution in [0.2, 0.25) is 0 Å². The van der Waals surface area contributed by atoms with E-state index in [4.69, 9.17) is 9.72 Å². The van der Waals surface area contributed by atoms with E-state index in [1.54, 1.807) is 42.1 Å². The zero-order valence-corrected chi connectivity index (χ0v) is 20.8. The van der Waals surface area contributed by atoms with Gasteiger partial charge in [-0.1, -0.05) is 18.2 Å². The van der Waals surface area contributed by atoms with Crippen LogP contribution in [0.25, 0.3) is 15.9 Å². The number of imide groups is 1. The Bertz CT molecular complexity index is 1320. The molecule has 1 atom stereocenters. The van der Waals surface area contributed by atoms with Crippen molar-refractivity contribution in [3.8, 4) is 11.4 Å². The Kier molecular flexibility index (Phi) is 6.35. The van der Waals surface area contributed by atoms with E-state index in [0.717, 1.165) is 36.1 Å². The molecule has 0 radical (unpaired) electrons. The summed E-state index contributed by atoms with van der Waals surface area (Å²) in [6.45, 7) is 2.54. The number of amides is 3. The number of carbonyl (C=O) groups excluding carboxylic acids is 2. The van der Waals surface area contributed by atoms with Crippen LogP contribution < -0.4 is 15.6 Å². The predicted molar refractivity (Wildman–Crippen MR) is 133 cm³/mol. The van der Waals surface area contributed by atoms with Crippen molar-refractivity contribution in [2.24, 2.45) is 0 Å². The number of nitrogens with zero attached hydrogens (tertiary/aromatic N) is 3. The molecule has 2 aliphatic rings. The third-order valence-corrected chi connectivity index (χ3v) is 8.52.